The molecule has 1 unspecified atom stereocenters. The van der Waals surface area contributed by atoms with Crippen LogP contribution in [0.5, 0.6) is 5.75 Å². The standard InChI is InChI=1S/C18H23NO2/c1-3-18(16-8-10-17(21-2)11-9-16)19-12-14-4-6-15(13-20)7-5-14/h4-11,18-20H,3,12-13H2,1-2H3. The number of hydrogen-bond donors (Lipinski definition) is 2. The van der Waals surface area contributed by atoms with E-state index < -0.39 is 0 Å². The molecular formula is C18H23NO2. The number of methoxy groups -OCH3 is 1. The lowest BCUT2D eigenvalue weighted by Gasteiger charge is -2.18. The van der Waals surface area contributed by atoms with Gasteiger partial charge in [0.1, 0.15) is 5.75 Å². The fourth-order valence-electron chi connectivity index (χ4n) is 2.34. The van der Waals surface area contributed by atoms with Gasteiger partial charge in [0.2, 0.25) is 0 Å². The quantitative estimate of drug-likeness (QED) is 0.819. The molecule has 2 aromatic rings. The lowest BCUT2D eigenvalue weighted by Crippen LogP contribution is -2.20. The predicted molar refractivity (Wildman–Crippen MR) is 85.2 cm³/mol. The minimum absolute atomic E-state index is 0.0944. The third-order valence-corrected chi connectivity index (χ3v) is 3.68. The maximum atomic E-state index is 9.05. The number of aliphatic hydroxyl groups excluding tert-OH is 1. The Labute approximate surface area is 126 Å². The first-order valence-corrected chi connectivity index (χ1v) is 7.32. The molecule has 21 heavy (non-hydrogen) atoms. The average Bonchev–Trinajstić information content (AvgIpc) is 2.56. The van der Waals surface area contributed by atoms with Crippen molar-refractivity contribution in [3.8, 4) is 5.75 Å². The summed E-state index contributed by atoms with van der Waals surface area (Å²) in [6.45, 7) is 3.09. The Morgan fingerprint density at radius 1 is 1.00 bits per heavy atom. The molecule has 0 aliphatic heterocycles. The van der Waals surface area contributed by atoms with E-state index in [4.69, 9.17) is 9.84 Å². The first kappa shape index (κ1) is 15.5. The number of ether oxygens (including phenoxy) is 1. The summed E-state index contributed by atoms with van der Waals surface area (Å²) in [7, 11) is 1.68. The third-order valence-electron chi connectivity index (χ3n) is 3.68. The van der Waals surface area contributed by atoms with E-state index >= 15 is 0 Å². The smallest absolute Gasteiger partial charge is 0.118 e. The first-order valence-electron chi connectivity index (χ1n) is 7.32. The third kappa shape index (κ3) is 4.31. The van der Waals surface area contributed by atoms with Crippen molar-refractivity contribution >= 4 is 0 Å². The van der Waals surface area contributed by atoms with Gasteiger partial charge >= 0.3 is 0 Å². The molecule has 2 N–H and O–H groups in total. The van der Waals surface area contributed by atoms with E-state index in [0.29, 0.717) is 6.04 Å². The first-order chi connectivity index (χ1) is 10.3. The molecule has 1 atom stereocenters. The SMILES string of the molecule is CCC(NCc1ccc(CO)cc1)c1ccc(OC)cc1. The minimum atomic E-state index is 0.0944. The van der Waals surface area contributed by atoms with Crippen molar-refractivity contribution in [2.24, 2.45) is 0 Å². The Kier molecular flexibility index (Phi) is 5.78. The summed E-state index contributed by atoms with van der Waals surface area (Å²) in [5, 5.41) is 12.6. The second kappa shape index (κ2) is 7.81. The Morgan fingerprint density at radius 3 is 2.14 bits per heavy atom. The zero-order valence-electron chi connectivity index (χ0n) is 12.7. The highest BCUT2D eigenvalue weighted by Crippen LogP contribution is 2.20. The molecule has 0 aromatic heterocycles. The molecule has 0 heterocycles. The molecule has 0 spiro atoms. The summed E-state index contributed by atoms with van der Waals surface area (Å²) in [5.41, 5.74) is 3.44. The highest BCUT2D eigenvalue weighted by atomic mass is 16.5. The summed E-state index contributed by atoms with van der Waals surface area (Å²) in [4.78, 5) is 0. The molecule has 0 bridgehead atoms. The van der Waals surface area contributed by atoms with Gasteiger partial charge in [0, 0.05) is 12.6 Å². The van der Waals surface area contributed by atoms with Crippen LogP contribution < -0.4 is 10.1 Å². The van der Waals surface area contributed by atoms with Crippen LogP contribution in [0.15, 0.2) is 48.5 Å². The number of hydrogen-bond acceptors (Lipinski definition) is 3. The van der Waals surface area contributed by atoms with Gasteiger partial charge in [0.15, 0.2) is 0 Å². The van der Waals surface area contributed by atoms with Gasteiger partial charge in [-0.05, 0) is 35.2 Å². The fourth-order valence-corrected chi connectivity index (χ4v) is 2.34. The van der Waals surface area contributed by atoms with Crippen molar-refractivity contribution in [2.45, 2.75) is 32.5 Å². The van der Waals surface area contributed by atoms with E-state index in [2.05, 4.69) is 36.5 Å². The summed E-state index contributed by atoms with van der Waals surface area (Å²) < 4.78 is 5.19. The van der Waals surface area contributed by atoms with Crippen LogP contribution in [0.3, 0.4) is 0 Å². The van der Waals surface area contributed by atoms with Crippen LogP contribution in [-0.2, 0) is 13.2 Å². The number of rotatable bonds is 7. The van der Waals surface area contributed by atoms with E-state index in [-0.39, 0.29) is 6.61 Å². The molecule has 2 aromatic carbocycles. The van der Waals surface area contributed by atoms with Gasteiger partial charge < -0.3 is 15.2 Å². The van der Waals surface area contributed by atoms with Crippen LogP contribution in [0.25, 0.3) is 0 Å². The maximum absolute atomic E-state index is 9.05. The van der Waals surface area contributed by atoms with Crippen molar-refractivity contribution in [3.05, 3.63) is 65.2 Å². The van der Waals surface area contributed by atoms with Crippen LogP contribution >= 0.6 is 0 Å². The Hall–Kier alpha value is -1.84. The van der Waals surface area contributed by atoms with Crippen LogP contribution in [0, 0.1) is 0 Å². The van der Waals surface area contributed by atoms with Gasteiger partial charge in [-0.25, -0.2) is 0 Å². The van der Waals surface area contributed by atoms with Gasteiger partial charge in [-0.1, -0.05) is 43.3 Å². The highest BCUT2D eigenvalue weighted by molar-refractivity contribution is 5.29. The van der Waals surface area contributed by atoms with Crippen LogP contribution in [-0.4, -0.2) is 12.2 Å². The molecule has 0 radical (unpaired) electrons. The van der Waals surface area contributed by atoms with Crippen LogP contribution in [0.2, 0.25) is 0 Å². The second-order valence-corrected chi connectivity index (χ2v) is 5.09. The van der Waals surface area contributed by atoms with E-state index in [1.165, 1.54) is 11.1 Å². The van der Waals surface area contributed by atoms with Gasteiger partial charge in [0.05, 0.1) is 13.7 Å². The van der Waals surface area contributed by atoms with E-state index in [9.17, 15) is 0 Å². The molecular weight excluding hydrogens is 262 g/mol. The molecule has 112 valence electrons. The molecule has 0 aliphatic rings. The Morgan fingerprint density at radius 2 is 1.62 bits per heavy atom. The molecule has 0 saturated heterocycles. The lowest BCUT2D eigenvalue weighted by molar-refractivity contribution is 0.282. The summed E-state index contributed by atoms with van der Waals surface area (Å²) in [6, 6.07) is 16.6. The van der Waals surface area contributed by atoms with Crippen molar-refractivity contribution in [1.82, 2.24) is 5.32 Å². The molecule has 3 nitrogen and oxygen atoms in total. The molecule has 0 saturated carbocycles. The zero-order chi connectivity index (χ0) is 15.1. The molecule has 0 amide bonds. The van der Waals surface area contributed by atoms with E-state index in [1.807, 2.05) is 24.3 Å². The molecule has 2 rings (SSSR count). The van der Waals surface area contributed by atoms with Crippen LogP contribution in [0.1, 0.15) is 36.1 Å². The number of nitrogens with one attached hydrogen (secondary N) is 1. The van der Waals surface area contributed by atoms with Gasteiger partial charge in [-0.2, -0.15) is 0 Å². The van der Waals surface area contributed by atoms with E-state index in [1.54, 1.807) is 7.11 Å². The topological polar surface area (TPSA) is 41.5 Å². The summed E-state index contributed by atoms with van der Waals surface area (Å²) in [6.07, 6.45) is 1.03. The largest absolute Gasteiger partial charge is 0.497 e. The van der Waals surface area contributed by atoms with Gasteiger partial charge in [-0.3, -0.25) is 0 Å². The van der Waals surface area contributed by atoms with Crippen molar-refractivity contribution in [3.63, 3.8) is 0 Å². The highest BCUT2D eigenvalue weighted by Gasteiger charge is 2.08. The molecule has 3 heteroatoms. The molecule has 0 fully saturated rings. The average molecular weight is 285 g/mol. The Balaban J connectivity index is 1.97. The van der Waals surface area contributed by atoms with Crippen molar-refractivity contribution in [1.29, 1.82) is 0 Å². The number of benzene rings is 2. The molecule has 0 aliphatic carbocycles. The predicted octanol–water partition coefficient (Wildman–Crippen LogP) is 3.43. The van der Waals surface area contributed by atoms with Gasteiger partial charge in [0.25, 0.3) is 0 Å². The fraction of sp³-hybridized carbons (Fsp3) is 0.333. The Bertz CT molecular complexity index is 534. The summed E-state index contributed by atoms with van der Waals surface area (Å²) >= 11 is 0. The van der Waals surface area contributed by atoms with Crippen molar-refractivity contribution < 1.29 is 9.84 Å². The van der Waals surface area contributed by atoms with Gasteiger partial charge in [-0.15, -0.1) is 0 Å². The lowest BCUT2D eigenvalue weighted by atomic mass is 10.0. The number of aliphatic hydroxyl groups is 1. The normalized spacial score (nSPS) is 12.1. The van der Waals surface area contributed by atoms with E-state index in [0.717, 1.165) is 24.3 Å². The van der Waals surface area contributed by atoms with Crippen molar-refractivity contribution in [2.75, 3.05) is 7.11 Å². The zero-order valence-corrected chi connectivity index (χ0v) is 12.7. The van der Waals surface area contributed by atoms with Crippen LogP contribution in [0.4, 0.5) is 0 Å². The summed E-state index contributed by atoms with van der Waals surface area (Å²) in [5.74, 6) is 0.883. The monoisotopic (exact) mass is 285 g/mol. The minimum Gasteiger partial charge on any atom is -0.497 e. The second-order valence-electron chi connectivity index (χ2n) is 5.09. The maximum Gasteiger partial charge on any atom is 0.118 e.